The first-order valence-corrected chi connectivity index (χ1v) is 8.89. The molecule has 27 heavy (non-hydrogen) atoms. The van der Waals surface area contributed by atoms with Gasteiger partial charge in [-0.2, -0.15) is 0 Å². The highest BCUT2D eigenvalue weighted by molar-refractivity contribution is 7.14. The fourth-order valence-corrected chi connectivity index (χ4v) is 2.89. The molecule has 0 radical (unpaired) electrons. The number of amides is 1. The van der Waals surface area contributed by atoms with Gasteiger partial charge in [0.1, 0.15) is 5.82 Å². The van der Waals surface area contributed by atoms with Crippen LogP contribution in [0.5, 0.6) is 0 Å². The summed E-state index contributed by atoms with van der Waals surface area (Å²) >= 11 is 1.29. The van der Waals surface area contributed by atoms with Crippen molar-refractivity contribution < 1.29 is 18.7 Å². The fraction of sp³-hybridized carbons (Fsp3) is 0.0500. The van der Waals surface area contributed by atoms with Gasteiger partial charge in [0.05, 0.1) is 5.69 Å². The van der Waals surface area contributed by atoms with Crippen molar-refractivity contribution in [3.05, 3.63) is 77.4 Å². The van der Waals surface area contributed by atoms with E-state index in [1.165, 1.54) is 47.8 Å². The minimum absolute atomic E-state index is 0.357. The van der Waals surface area contributed by atoms with Gasteiger partial charge in [-0.15, -0.1) is 11.3 Å². The molecule has 0 aliphatic rings. The molecule has 3 aromatic rings. The molecule has 1 N–H and O–H groups in total. The van der Waals surface area contributed by atoms with E-state index in [-0.39, 0.29) is 5.82 Å². The van der Waals surface area contributed by atoms with Crippen LogP contribution in [0, 0.1) is 5.82 Å². The van der Waals surface area contributed by atoms with Crippen molar-refractivity contribution in [1.29, 1.82) is 0 Å². The van der Waals surface area contributed by atoms with Gasteiger partial charge in [0.2, 0.25) is 0 Å². The minimum atomic E-state index is -0.668. The number of nitrogens with zero attached hydrogens (tertiary/aromatic N) is 1. The average molecular weight is 382 g/mol. The van der Waals surface area contributed by atoms with Gasteiger partial charge in [-0.3, -0.25) is 10.1 Å². The number of hydrogen-bond acceptors (Lipinski definition) is 5. The van der Waals surface area contributed by atoms with Crippen molar-refractivity contribution in [3.8, 4) is 11.3 Å². The molecule has 0 saturated heterocycles. The van der Waals surface area contributed by atoms with Crippen LogP contribution < -0.4 is 5.32 Å². The average Bonchev–Trinajstić information content (AvgIpc) is 3.15. The number of ether oxygens (including phenoxy) is 1. The zero-order valence-corrected chi connectivity index (χ0v) is 14.9. The summed E-state index contributed by atoms with van der Waals surface area (Å²) in [6.07, 6.45) is 2.66. The number of aromatic nitrogens is 1. The van der Waals surface area contributed by atoms with Gasteiger partial charge >= 0.3 is 5.97 Å². The molecule has 0 fully saturated rings. The predicted molar refractivity (Wildman–Crippen MR) is 103 cm³/mol. The summed E-state index contributed by atoms with van der Waals surface area (Å²) < 4.78 is 17.7. The lowest BCUT2D eigenvalue weighted by molar-refractivity contribution is -0.142. The number of benzene rings is 2. The molecule has 5 nitrogen and oxygen atoms in total. The lowest BCUT2D eigenvalue weighted by atomic mass is 10.2. The standard InChI is InChI=1S/C20H15FN2O3S/c21-16-9-6-14(7-10-16)8-11-19(25)26-12-18(24)23-20-22-17(13-27-20)15-4-2-1-3-5-15/h1-11,13H,12H2,(H,22,23,24). The minimum Gasteiger partial charge on any atom is -0.452 e. The third-order valence-corrected chi connectivity index (χ3v) is 4.21. The van der Waals surface area contributed by atoms with Crippen LogP contribution >= 0.6 is 11.3 Å². The Bertz CT molecular complexity index is 953. The van der Waals surface area contributed by atoms with Gasteiger partial charge in [-0.1, -0.05) is 42.5 Å². The molecule has 0 unspecified atom stereocenters. The van der Waals surface area contributed by atoms with Crippen LogP contribution in [-0.4, -0.2) is 23.5 Å². The molecule has 0 aliphatic heterocycles. The first kappa shape index (κ1) is 18.5. The van der Waals surface area contributed by atoms with Gasteiger partial charge < -0.3 is 4.74 Å². The number of hydrogen-bond donors (Lipinski definition) is 1. The smallest absolute Gasteiger partial charge is 0.331 e. The summed E-state index contributed by atoms with van der Waals surface area (Å²) in [5.41, 5.74) is 2.36. The second-order valence-corrected chi connectivity index (χ2v) is 6.30. The normalized spacial score (nSPS) is 10.7. The Labute approximate surface area is 159 Å². The van der Waals surface area contributed by atoms with E-state index in [4.69, 9.17) is 4.74 Å². The number of carbonyl (C=O) groups is 2. The third kappa shape index (κ3) is 5.58. The van der Waals surface area contributed by atoms with Crippen molar-refractivity contribution in [1.82, 2.24) is 4.98 Å². The van der Waals surface area contributed by atoms with E-state index < -0.39 is 18.5 Å². The lowest BCUT2D eigenvalue weighted by Gasteiger charge is -2.02. The van der Waals surface area contributed by atoms with Gasteiger partial charge in [-0.05, 0) is 23.8 Å². The lowest BCUT2D eigenvalue weighted by Crippen LogP contribution is -2.20. The van der Waals surface area contributed by atoms with Gasteiger partial charge in [0.15, 0.2) is 11.7 Å². The number of nitrogens with one attached hydrogen (secondary N) is 1. The Hall–Kier alpha value is -3.32. The fourth-order valence-electron chi connectivity index (χ4n) is 2.15. The molecule has 0 saturated carbocycles. The van der Waals surface area contributed by atoms with Gasteiger partial charge in [0.25, 0.3) is 5.91 Å². The Kier molecular flexibility index (Phi) is 6.06. The molecule has 7 heteroatoms. The number of carbonyl (C=O) groups excluding carboxylic acids is 2. The van der Waals surface area contributed by atoms with Gasteiger partial charge in [0, 0.05) is 17.0 Å². The van der Waals surface area contributed by atoms with Crippen LogP contribution in [0.25, 0.3) is 17.3 Å². The van der Waals surface area contributed by atoms with Crippen LogP contribution in [0.1, 0.15) is 5.56 Å². The monoisotopic (exact) mass is 382 g/mol. The van der Waals surface area contributed by atoms with Crippen LogP contribution in [0.2, 0.25) is 0 Å². The number of anilines is 1. The van der Waals surface area contributed by atoms with Gasteiger partial charge in [-0.25, -0.2) is 14.2 Å². The van der Waals surface area contributed by atoms with Crippen LogP contribution in [-0.2, 0) is 14.3 Å². The Balaban J connectivity index is 1.47. The highest BCUT2D eigenvalue weighted by Gasteiger charge is 2.09. The number of esters is 1. The predicted octanol–water partition coefficient (Wildman–Crippen LogP) is 4.14. The number of halogens is 1. The Morgan fingerprint density at radius 3 is 2.59 bits per heavy atom. The molecule has 0 spiro atoms. The number of rotatable bonds is 6. The molecule has 0 atom stereocenters. The third-order valence-electron chi connectivity index (χ3n) is 3.45. The van der Waals surface area contributed by atoms with E-state index in [9.17, 15) is 14.0 Å². The quantitative estimate of drug-likeness (QED) is 0.514. The van der Waals surface area contributed by atoms with Crippen LogP contribution in [0.4, 0.5) is 9.52 Å². The van der Waals surface area contributed by atoms with Crippen LogP contribution in [0.3, 0.4) is 0 Å². The Morgan fingerprint density at radius 2 is 1.85 bits per heavy atom. The second kappa shape index (κ2) is 8.86. The first-order valence-electron chi connectivity index (χ1n) is 8.01. The maximum Gasteiger partial charge on any atom is 0.331 e. The largest absolute Gasteiger partial charge is 0.452 e. The summed E-state index contributed by atoms with van der Waals surface area (Å²) in [5.74, 6) is -1.50. The molecule has 0 bridgehead atoms. The number of thiazole rings is 1. The van der Waals surface area contributed by atoms with E-state index in [2.05, 4.69) is 10.3 Å². The van der Waals surface area contributed by atoms with E-state index in [0.717, 1.165) is 11.3 Å². The second-order valence-electron chi connectivity index (χ2n) is 5.44. The van der Waals surface area contributed by atoms with Crippen LogP contribution in [0.15, 0.2) is 66.1 Å². The van der Waals surface area contributed by atoms with Crippen molar-refractivity contribution in [2.75, 3.05) is 11.9 Å². The SMILES string of the molecule is O=C(COC(=O)C=Cc1ccc(F)cc1)Nc1nc(-c2ccccc2)cs1. The molecular weight excluding hydrogens is 367 g/mol. The highest BCUT2D eigenvalue weighted by Crippen LogP contribution is 2.24. The molecule has 1 heterocycles. The summed E-state index contributed by atoms with van der Waals surface area (Å²) in [5, 5.41) is 4.86. The molecule has 136 valence electrons. The molecule has 2 aromatic carbocycles. The van der Waals surface area contributed by atoms with Crippen molar-refractivity contribution in [2.45, 2.75) is 0 Å². The zero-order valence-electron chi connectivity index (χ0n) is 14.1. The first-order chi connectivity index (χ1) is 13.1. The maximum atomic E-state index is 12.8. The zero-order chi connectivity index (χ0) is 19.1. The van der Waals surface area contributed by atoms with Crippen molar-refractivity contribution in [2.24, 2.45) is 0 Å². The molecule has 1 aromatic heterocycles. The highest BCUT2D eigenvalue weighted by atomic mass is 32.1. The molecule has 3 rings (SSSR count). The van der Waals surface area contributed by atoms with E-state index in [1.807, 2.05) is 35.7 Å². The topological polar surface area (TPSA) is 68.3 Å². The maximum absolute atomic E-state index is 12.8. The van der Waals surface area contributed by atoms with Crippen molar-refractivity contribution in [3.63, 3.8) is 0 Å². The molecular formula is C20H15FN2O3S. The van der Waals surface area contributed by atoms with E-state index in [0.29, 0.717) is 10.7 Å². The summed E-state index contributed by atoms with van der Waals surface area (Å²) in [6.45, 7) is -0.424. The van der Waals surface area contributed by atoms with E-state index >= 15 is 0 Å². The van der Waals surface area contributed by atoms with Crippen molar-refractivity contribution >= 4 is 34.4 Å². The summed E-state index contributed by atoms with van der Waals surface area (Å²) in [4.78, 5) is 27.9. The molecule has 0 aliphatic carbocycles. The summed E-state index contributed by atoms with van der Waals surface area (Å²) in [6, 6.07) is 15.2. The summed E-state index contributed by atoms with van der Waals surface area (Å²) in [7, 11) is 0. The molecule has 1 amide bonds. The van der Waals surface area contributed by atoms with E-state index in [1.54, 1.807) is 0 Å². The Morgan fingerprint density at radius 1 is 1.11 bits per heavy atom.